The Hall–Kier alpha value is -1.35. The molecule has 1 aromatic carbocycles. The average Bonchev–Trinajstić information content (AvgIpc) is 3.08. The minimum Gasteiger partial charge on any atom is -0.404 e. The van der Waals surface area contributed by atoms with Crippen LogP contribution in [0.1, 0.15) is 194 Å². The fraction of sp³-hybridized carbons (Fsp3) is 0.762. The Balaban J connectivity index is 2.08. The lowest BCUT2D eigenvalue weighted by Gasteiger charge is -2.18. The molecule has 0 bridgehead atoms. The summed E-state index contributed by atoms with van der Waals surface area (Å²) in [6, 6.07) is 9.26. The van der Waals surface area contributed by atoms with E-state index in [4.69, 9.17) is 13.6 Å². The molecule has 1 rings (SSSR count). The monoisotopic (exact) mass is 675 g/mol. The third-order valence-electron chi connectivity index (χ3n) is 8.77. The van der Waals surface area contributed by atoms with E-state index < -0.39 is 7.82 Å². The van der Waals surface area contributed by atoms with Gasteiger partial charge in [-0.05, 0) is 76.3 Å². The van der Waals surface area contributed by atoms with Crippen LogP contribution in [-0.2, 0) is 13.6 Å². The highest BCUT2D eigenvalue weighted by Gasteiger charge is 2.28. The van der Waals surface area contributed by atoms with E-state index >= 15 is 0 Å². The van der Waals surface area contributed by atoms with Crippen molar-refractivity contribution in [2.24, 2.45) is 0 Å². The van der Waals surface area contributed by atoms with Crippen molar-refractivity contribution in [1.82, 2.24) is 0 Å². The standard InChI is InChI=1S/C42H75O4P/c1-3-5-7-9-11-13-15-17-19-21-23-25-27-29-31-36-40-44-47(43,46-42-38-34-33-35-39-42)45-41-37-32-30-28-26-24-22-20-18-16-14-12-10-8-6-4-2/h17-20,33-35,38-39H,3-16,21-32,36-37,40-41H2,1-2H3. The van der Waals surface area contributed by atoms with Gasteiger partial charge in [-0.3, -0.25) is 9.05 Å². The molecule has 47 heavy (non-hydrogen) atoms. The van der Waals surface area contributed by atoms with Crippen molar-refractivity contribution >= 4 is 7.82 Å². The van der Waals surface area contributed by atoms with Gasteiger partial charge in [-0.2, -0.15) is 0 Å². The number of unbranched alkanes of at least 4 members (excludes halogenated alkanes) is 24. The van der Waals surface area contributed by atoms with E-state index in [0.717, 1.165) is 25.7 Å². The Kier molecular flexibility index (Phi) is 32.1. The highest BCUT2D eigenvalue weighted by Crippen LogP contribution is 2.49. The molecular weight excluding hydrogens is 599 g/mol. The Morgan fingerprint density at radius 1 is 0.447 bits per heavy atom. The molecule has 0 saturated heterocycles. The smallest absolute Gasteiger partial charge is 0.404 e. The van der Waals surface area contributed by atoms with Crippen LogP contribution in [-0.4, -0.2) is 13.2 Å². The molecule has 272 valence electrons. The van der Waals surface area contributed by atoms with Crippen LogP contribution in [0.2, 0.25) is 0 Å². The third kappa shape index (κ3) is 30.4. The Morgan fingerprint density at radius 2 is 0.766 bits per heavy atom. The largest absolute Gasteiger partial charge is 0.530 e. The van der Waals surface area contributed by atoms with E-state index in [0.29, 0.717) is 19.0 Å². The number of phosphoric ester groups is 1. The lowest BCUT2D eigenvalue weighted by Crippen LogP contribution is -2.05. The van der Waals surface area contributed by atoms with Crippen molar-refractivity contribution < 1.29 is 18.1 Å². The topological polar surface area (TPSA) is 44.8 Å². The third-order valence-corrected chi connectivity index (χ3v) is 10.2. The molecule has 5 heteroatoms. The molecule has 0 atom stereocenters. The lowest BCUT2D eigenvalue weighted by molar-refractivity contribution is 0.150. The van der Waals surface area contributed by atoms with Crippen LogP contribution in [0, 0.1) is 0 Å². The van der Waals surface area contributed by atoms with Crippen LogP contribution in [0.25, 0.3) is 0 Å². The van der Waals surface area contributed by atoms with Crippen molar-refractivity contribution in [3.8, 4) is 5.75 Å². The van der Waals surface area contributed by atoms with Crippen LogP contribution in [0.5, 0.6) is 5.75 Å². The van der Waals surface area contributed by atoms with E-state index in [-0.39, 0.29) is 0 Å². The molecule has 0 aliphatic carbocycles. The number of benzene rings is 1. The van der Waals surface area contributed by atoms with Gasteiger partial charge in [-0.15, -0.1) is 0 Å². The van der Waals surface area contributed by atoms with Crippen molar-refractivity contribution in [2.45, 2.75) is 194 Å². The van der Waals surface area contributed by atoms with Crippen molar-refractivity contribution in [3.63, 3.8) is 0 Å². The summed E-state index contributed by atoms with van der Waals surface area (Å²) in [5, 5.41) is 0. The Labute approximate surface area is 292 Å². The number of hydrogen-bond donors (Lipinski definition) is 0. The number of allylic oxidation sites excluding steroid dienone is 4. The van der Waals surface area contributed by atoms with Gasteiger partial charge in [0, 0.05) is 0 Å². The van der Waals surface area contributed by atoms with Gasteiger partial charge in [0.05, 0.1) is 13.2 Å². The second kappa shape index (κ2) is 34.5. The predicted octanol–water partition coefficient (Wildman–Crippen LogP) is 15.3. The van der Waals surface area contributed by atoms with Crippen molar-refractivity contribution in [2.75, 3.05) is 13.2 Å². The van der Waals surface area contributed by atoms with E-state index in [1.165, 1.54) is 154 Å². The van der Waals surface area contributed by atoms with Crippen LogP contribution >= 0.6 is 7.82 Å². The highest BCUT2D eigenvalue weighted by atomic mass is 31.2. The molecule has 1 aromatic rings. The maximum absolute atomic E-state index is 13.4. The van der Waals surface area contributed by atoms with Crippen LogP contribution < -0.4 is 4.52 Å². The van der Waals surface area contributed by atoms with Gasteiger partial charge in [0.2, 0.25) is 0 Å². The number of phosphoric acid groups is 1. The summed E-state index contributed by atoms with van der Waals surface area (Å²) in [6.45, 7) is 5.35. The molecule has 0 fully saturated rings. The first kappa shape index (κ1) is 43.7. The lowest BCUT2D eigenvalue weighted by atomic mass is 10.1. The molecule has 0 aromatic heterocycles. The first-order valence-corrected chi connectivity index (χ1v) is 21.6. The summed E-state index contributed by atoms with van der Waals surface area (Å²) in [5.41, 5.74) is 0. The quantitative estimate of drug-likeness (QED) is 0.0404. The van der Waals surface area contributed by atoms with E-state index in [1.54, 1.807) is 12.1 Å². The van der Waals surface area contributed by atoms with Gasteiger partial charge in [0.15, 0.2) is 0 Å². The molecule has 0 saturated carbocycles. The molecule has 0 aliphatic rings. The van der Waals surface area contributed by atoms with Gasteiger partial charge in [0.25, 0.3) is 0 Å². The molecule has 0 aliphatic heterocycles. The van der Waals surface area contributed by atoms with Crippen molar-refractivity contribution in [3.05, 3.63) is 54.6 Å². The van der Waals surface area contributed by atoms with Crippen LogP contribution in [0.4, 0.5) is 0 Å². The zero-order valence-corrected chi connectivity index (χ0v) is 31.9. The molecule has 4 nitrogen and oxygen atoms in total. The van der Waals surface area contributed by atoms with Gasteiger partial charge in [-0.1, -0.05) is 172 Å². The zero-order valence-electron chi connectivity index (χ0n) is 31.0. The maximum atomic E-state index is 13.4. The van der Waals surface area contributed by atoms with Crippen LogP contribution in [0.3, 0.4) is 0 Å². The minimum atomic E-state index is -3.64. The van der Waals surface area contributed by atoms with E-state index in [9.17, 15) is 4.57 Å². The molecular formula is C42H75O4P. The summed E-state index contributed by atoms with van der Waals surface area (Å²) in [5.74, 6) is 0.526. The Bertz CT molecular complexity index is 821. The van der Waals surface area contributed by atoms with E-state index in [2.05, 4.69) is 38.2 Å². The highest BCUT2D eigenvalue weighted by molar-refractivity contribution is 7.48. The summed E-state index contributed by atoms with van der Waals surface area (Å²) < 4.78 is 30.7. The second-order valence-corrected chi connectivity index (χ2v) is 15.0. The summed E-state index contributed by atoms with van der Waals surface area (Å²) in [4.78, 5) is 0. The normalized spacial score (nSPS) is 13.1. The molecule has 0 amide bonds. The fourth-order valence-electron chi connectivity index (χ4n) is 5.75. The van der Waals surface area contributed by atoms with Gasteiger partial charge in [-0.25, -0.2) is 4.57 Å². The minimum absolute atomic E-state index is 0.401. The number of para-hydroxylation sites is 1. The molecule has 0 radical (unpaired) electrons. The maximum Gasteiger partial charge on any atom is 0.530 e. The summed E-state index contributed by atoms with van der Waals surface area (Å²) in [7, 11) is -3.64. The Morgan fingerprint density at radius 3 is 1.13 bits per heavy atom. The predicted molar refractivity (Wildman–Crippen MR) is 205 cm³/mol. The number of rotatable bonds is 36. The SMILES string of the molecule is CCCCCCCCC=CCCCCCCCCOP(=O)(OCCCCCCCCC=CCCCCCCCC)Oc1ccccc1. The molecule has 0 heterocycles. The second-order valence-electron chi connectivity index (χ2n) is 13.4. The van der Waals surface area contributed by atoms with E-state index in [1.807, 2.05) is 18.2 Å². The van der Waals surface area contributed by atoms with Gasteiger partial charge < -0.3 is 4.52 Å². The summed E-state index contributed by atoms with van der Waals surface area (Å²) >= 11 is 0. The van der Waals surface area contributed by atoms with Crippen LogP contribution in [0.15, 0.2) is 54.6 Å². The molecule has 0 spiro atoms. The number of hydrogen-bond acceptors (Lipinski definition) is 4. The first-order chi connectivity index (χ1) is 23.2. The molecule has 0 N–H and O–H groups in total. The first-order valence-electron chi connectivity index (χ1n) is 20.1. The van der Waals surface area contributed by atoms with Gasteiger partial charge >= 0.3 is 7.82 Å². The van der Waals surface area contributed by atoms with Crippen molar-refractivity contribution in [1.29, 1.82) is 0 Å². The van der Waals surface area contributed by atoms with Gasteiger partial charge in [0.1, 0.15) is 5.75 Å². The fourth-order valence-corrected chi connectivity index (χ4v) is 7.02. The summed E-state index contributed by atoms with van der Waals surface area (Å²) in [6.07, 6.45) is 44.7. The average molecular weight is 675 g/mol. The zero-order chi connectivity index (χ0) is 33.8. The molecule has 0 unspecified atom stereocenters.